The van der Waals surface area contributed by atoms with Crippen molar-refractivity contribution in [3.05, 3.63) is 11.6 Å². The van der Waals surface area contributed by atoms with E-state index in [9.17, 15) is 0 Å². The third kappa shape index (κ3) is 2.88. The van der Waals surface area contributed by atoms with E-state index in [-0.39, 0.29) is 0 Å². The second-order valence-electron chi connectivity index (χ2n) is 6.36. The maximum atomic E-state index is 5.91. The molecule has 19 heavy (non-hydrogen) atoms. The van der Waals surface area contributed by atoms with Gasteiger partial charge in [-0.05, 0) is 38.0 Å². The van der Waals surface area contributed by atoms with Crippen LogP contribution in [0.15, 0.2) is 0 Å². The number of hydrogen-bond donors (Lipinski definition) is 1. The van der Waals surface area contributed by atoms with Crippen LogP contribution >= 0.6 is 0 Å². The molecule has 2 unspecified atom stereocenters. The lowest BCUT2D eigenvalue weighted by Crippen LogP contribution is -2.14. The molecule has 0 aliphatic heterocycles. The van der Waals surface area contributed by atoms with Crippen LogP contribution in [-0.4, -0.2) is 15.0 Å². The molecule has 2 aliphatic rings. The van der Waals surface area contributed by atoms with Crippen LogP contribution in [0.5, 0.6) is 0 Å². The average Bonchev–Trinajstić information content (AvgIpc) is 2.86. The van der Waals surface area contributed by atoms with Crippen molar-refractivity contribution in [1.29, 1.82) is 0 Å². The van der Waals surface area contributed by atoms with E-state index in [4.69, 9.17) is 10.7 Å². The van der Waals surface area contributed by atoms with Crippen molar-refractivity contribution in [2.75, 3.05) is 5.73 Å². The van der Waals surface area contributed by atoms with Crippen molar-refractivity contribution in [1.82, 2.24) is 15.0 Å². The van der Waals surface area contributed by atoms with Gasteiger partial charge in [-0.15, -0.1) is 0 Å². The molecular weight excluding hydrogens is 236 g/mol. The van der Waals surface area contributed by atoms with Gasteiger partial charge >= 0.3 is 0 Å². The second kappa shape index (κ2) is 5.43. The molecule has 0 spiro atoms. The molecule has 1 aromatic heterocycles. The molecule has 2 atom stereocenters. The highest BCUT2D eigenvalue weighted by molar-refractivity contribution is 5.20. The van der Waals surface area contributed by atoms with Crippen LogP contribution in [0.1, 0.15) is 81.8 Å². The standard InChI is InChI=1S/C15H24N4/c1-10-7-8-12(9-10)14-17-13(18-15(16)19-14)11-5-3-2-4-6-11/h10-12H,2-9H2,1H3,(H2,16,17,18,19). The van der Waals surface area contributed by atoms with Gasteiger partial charge in [-0.1, -0.05) is 26.2 Å². The van der Waals surface area contributed by atoms with Gasteiger partial charge in [-0.3, -0.25) is 0 Å². The lowest BCUT2D eigenvalue weighted by molar-refractivity contribution is 0.425. The molecule has 2 saturated carbocycles. The minimum atomic E-state index is 0.421. The van der Waals surface area contributed by atoms with E-state index in [1.54, 1.807) is 0 Å². The Morgan fingerprint density at radius 2 is 1.53 bits per heavy atom. The largest absolute Gasteiger partial charge is 0.368 e. The van der Waals surface area contributed by atoms with Crippen molar-refractivity contribution in [3.8, 4) is 0 Å². The summed E-state index contributed by atoms with van der Waals surface area (Å²) in [6.07, 6.45) is 10.1. The van der Waals surface area contributed by atoms with Crippen molar-refractivity contribution in [2.24, 2.45) is 5.92 Å². The summed E-state index contributed by atoms with van der Waals surface area (Å²) in [7, 11) is 0. The summed E-state index contributed by atoms with van der Waals surface area (Å²) in [6, 6.07) is 0. The lowest BCUT2D eigenvalue weighted by Gasteiger charge is -2.21. The first-order valence-corrected chi connectivity index (χ1v) is 7.73. The fourth-order valence-electron chi connectivity index (χ4n) is 3.59. The number of rotatable bonds is 2. The summed E-state index contributed by atoms with van der Waals surface area (Å²) in [4.78, 5) is 13.6. The van der Waals surface area contributed by atoms with E-state index in [0.29, 0.717) is 17.8 Å². The average molecular weight is 260 g/mol. The van der Waals surface area contributed by atoms with Crippen molar-refractivity contribution in [3.63, 3.8) is 0 Å². The van der Waals surface area contributed by atoms with Crippen molar-refractivity contribution in [2.45, 2.75) is 70.1 Å². The SMILES string of the molecule is CC1CCC(c2nc(N)nc(C3CCCCC3)n2)C1. The number of nitrogen functional groups attached to an aromatic ring is 1. The highest BCUT2D eigenvalue weighted by Crippen LogP contribution is 2.37. The third-order valence-electron chi connectivity index (χ3n) is 4.72. The predicted octanol–water partition coefficient (Wildman–Crippen LogP) is 3.41. The van der Waals surface area contributed by atoms with Crippen molar-refractivity contribution >= 4 is 5.95 Å². The molecule has 0 radical (unpaired) electrons. The number of nitrogens with zero attached hydrogens (tertiary/aromatic N) is 3. The normalized spacial score (nSPS) is 28.7. The summed E-state index contributed by atoms with van der Waals surface area (Å²) >= 11 is 0. The fraction of sp³-hybridized carbons (Fsp3) is 0.800. The molecule has 1 heterocycles. The molecule has 2 aliphatic carbocycles. The first-order chi connectivity index (χ1) is 9.22. The van der Waals surface area contributed by atoms with Crippen LogP contribution in [0.2, 0.25) is 0 Å². The maximum absolute atomic E-state index is 5.91. The summed E-state index contributed by atoms with van der Waals surface area (Å²) in [5.74, 6) is 4.14. The zero-order valence-corrected chi connectivity index (χ0v) is 11.8. The van der Waals surface area contributed by atoms with E-state index in [1.165, 1.54) is 51.4 Å². The molecule has 0 aromatic carbocycles. The van der Waals surface area contributed by atoms with Gasteiger partial charge in [0.25, 0.3) is 0 Å². The molecule has 2 N–H and O–H groups in total. The molecule has 0 saturated heterocycles. The number of nitrogens with two attached hydrogens (primary N) is 1. The van der Waals surface area contributed by atoms with Crippen LogP contribution in [0.4, 0.5) is 5.95 Å². The third-order valence-corrected chi connectivity index (χ3v) is 4.72. The first kappa shape index (κ1) is 12.8. The number of anilines is 1. The highest BCUT2D eigenvalue weighted by Gasteiger charge is 2.27. The molecule has 0 bridgehead atoms. The predicted molar refractivity (Wildman–Crippen MR) is 75.8 cm³/mol. The Balaban J connectivity index is 1.83. The van der Waals surface area contributed by atoms with E-state index < -0.39 is 0 Å². The minimum Gasteiger partial charge on any atom is -0.368 e. The van der Waals surface area contributed by atoms with Gasteiger partial charge in [-0.25, -0.2) is 4.98 Å². The zero-order chi connectivity index (χ0) is 13.2. The van der Waals surface area contributed by atoms with Gasteiger partial charge < -0.3 is 5.73 Å². The maximum Gasteiger partial charge on any atom is 0.223 e. The lowest BCUT2D eigenvalue weighted by atomic mass is 9.88. The number of hydrogen-bond acceptors (Lipinski definition) is 4. The van der Waals surface area contributed by atoms with E-state index in [0.717, 1.165) is 17.6 Å². The monoisotopic (exact) mass is 260 g/mol. The molecule has 1 aromatic rings. The quantitative estimate of drug-likeness (QED) is 0.885. The molecule has 4 nitrogen and oxygen atoms in total. The summed E-state index contributed by atoms with van der Waals surface area (Å²) in [5.41, 5.74) is 5.91. The molecular formula is C15H24N4. The molecule has 0 amide bonds. The Morgan fingerprint density at radius 3 is 2.16 bits per heavy atom. The summed E-state index contributed by atoms with van der Waals surface area (Å²) in [5, 5.41) is 0. The Hall–Kier alpha value is -1.19. The Kier molecular flexibility index (Phi) is 3.67. The van der Waals surface area contributed by atoms with Gasteiger partial charge in [0.2, 0.25) is 5.95 Å². The van der Waals surface area contributed by atoms with Crippen molar-refractivity contribution < 1.29 is 0 Å². The fourth-order valence-corrected chi connectivity index (χ4v) is 3.59. The van der Waals surface area contributed by atoms with E-state index in [2.05, 4.69) is 16.9 Å². The number of aromatic nitrogens is 3. The molecule has 104 valence electrons. The van der Waals surface area contributed by atoms with Crippen LogP contribution < -0.4 is 5.73 Å². The first-order valence-electron chi connectivity index (χ1n) is 7.73. The van der Waals surface area contributed by atoms with Crippen LogP contribution in [0.25, 0.3) is 0 Å². The Morgan fingerprint density at radius 1 is 0.842 bits per heavy atom. The smallest absolute Gasteiger partial charge is 0.223 e. The molecule has 2 fully saturated rings. The Bertz CT molecular complexity index is 417. The second-order valence-corrected chi connectivity index (χ2v) is 6.36. The van der Waals surface area contributed by atoms with Crippen LogP contribution in [-0.2, 0) is 0 Å². The Labute approximate surface area is 115 Å². The molecule has 3 rings (SSSR count). The molecule has 4 heteroatoms. The van der Waals surface area contributed by atoms with E-state index in [1.807, 2.05) is 0 Å². The van der Waals surface area contributed by atoms with Gasteiger partial charge in [0.1, 0.15) is 11.6 Å². The minimum absolute atomic E-state index is 0.421. The van der Waals surface area contributed by atoms with Gasteiger partial charge in [0, 0.05) is 11.8 Å². The van der Waals surface area contributed by atoms with Crippen LogP contribution in [0.3, 0.4) is 0 Å². The highest BCUT2D eigenvalue weighted by atomic mass is 15.1. The zero-order valence-electron chi connectivity index (χ0n) is 11.8. The van der Waals surface area contributed by atoms with Gasteiger partial charge in [0.05, 0.1) is 0 Å². The summed E-state index contributed by atoms with van der Waals surface area (Å²) in [6.45, 7) is 2.31. The van der Waals surface area contributed by atoms with E-state index >= 15 is 0 Å². The van der Waals surface area contributed by atoms with Crippen LogP contribution in [0, 0.1) is 5.92 Å². The van der Waals surface area contributed by atoms with Gasteiger partial charge in [0.15, 0.2) is 0 Å². The van der Waals surface area contributed by atoms with Gasteiger partial charge in [-0.2, -0.15) is 9.97 Å². The summed E-state index contributed by atoms with van der Waals surface area (Å²) < 4.78 is 0. The topological polar surface area (TPSA) is 64.7 Å².